The van der Waals surface area contributed by atoms with E-state index in [0.717, 1.165) is 36.1 Å². The van der Waals surface area contributed by atoms with E-state index in [9.17, 15) is 5.26 Å². The molecule has 1 aliphatic rings. The number of hydrogen-bond donors (Lipinski definition) is 0. The van der Waals surface area contributed by atoms with Crippen LogP contribution in [0.4, 0.5) is 5.82 Å². The fourth-order valence-corrected chi connectivity index (χ4v) is 2.30. The third-order valence-corrected chi connectivity index (χ3v) is 3.93. The van der Waals surface area contributed by atoms with Crippen LogP contribution < -0.4 is 4.90 Å². The van der Waals surface area contributed by atoms with Gasteiger partial charge in [-0.05, 0) is 45.1 Å². The van der Waals surface area contributed by atoms with E-state index in [1.165, 1.54) is 19.3 Å². The highest BCUT2D eigenvalue weighted by Gasteiger charge is 2.23. The minimum absolute atomic E-state index is 0.684. The van der Waals surface area contributed by atoms with Crippen LogP contribution in [0, 0.1) is 31.1 Å². The molecule has 0 unspecified atom stereocenters. The summed E-state index contributed by atoms with van der Waals surface area (Å²) in [6.45, 7) is 7.83. The molecular formula is C14H20N4. The number of hydrogen-bond acceptors (Lipinski definition) is 4. The predicted octanol–water partition coefficient (Wildman–Crippen LogP) is 2.59. The SMILES string of the molecule is CCN(CC1CCC1)c1nnc(C)c(C)c1C#N. The van der Waals surface area contributed by atoms with Gasteiger partial charge in [-0.25, -0.2) is 0 Å². The fourth-order valence-electron chi connectivity index (χ4n) is 2.30. The highest BCUT2D eigenvalue weighted by atomic mass is 15.3. The molecule has 0 atom stereocenters. The van der Waals surface area contributed by atoms with Crippen LogP contribution in [0.1, 0.15) is 43.0 Å². The summed E-state index contributed by atoms with van der Waals surface area (Å²) in [6, 6.07) is 2.28. The highest BCUT2D eigenvalue weighted by molar-refractivity contribution is 5.57. The Labute approximate surface area is 109 Å². The third kappa shape index (κ3) is 2.31. The van der Waals surface area contributed by atoms with Gasteiger partial charge in [0, 0.05) is 13.1 Å². The van der Waals surface area contributed by atoms with Crippen LogP contribution in [0.5, 0.6) is 0 Å². The van der Waals surface area contributed by atoms with E-state index in [1.807, 2.05) is 13.8 Å². The van der Waals surface area contributed by atoms with E-state index >= 15 is 0 Å². The van der Waals surface area contributed by atoms with Crippen LogP contribution in [0.15, 0.2) is 0 Å². The normalized spacial score (nSPS) is 15.0. The first-order chi connectivity index (χ1) is 8.67. The van der Waals surface area contributed by atoms with Gasteiger partial charge in [0.05, 0.1) is 5.69 Å². The molecule has 0 aromatic carbocycles. The molecule has 1 aromatic heterocycles. The zero-order valence-electron chi connectivity index (χ0n) is 11.4. The van der Waals surface area contributed by atoms with Crippen molar-refractivity contribution in [1.82, 2.24) is 10.2 Å². The average molecular weight is 244 g/mol. The smallest absolute Gasteiger partial charge is 0.169 e. The first-order valence-corrected chi connectivity index (χ1v) is 6.66. The van der Waals surface area contributed by atoms with E-state index < -0.39 is 0 Å². The maximum Gasteiger partial charge on any atom is 0.169 e. The number of rotatable bonds is 4. The third-order valence-electron chi connectivity index (χ3n) is 3.93. The van der Waals surface area contributed by atoms with Gasteiger partial charge in [0.2, 0.25) is 0 Å². The molecule has 4 nitrogen and oxygen atoms in total. The van der Waals surface area contributed by atoms with Crippen LogP contribution in [0.3, 0.4) is 0 Å². The molecule has 2 rings (SSSR count). The fraction of sp³-hybridized carbons (Fsp3) is 0.643. The summed E-state index contributed by atoms with van der Waals surface area (Å²) >= 11 is 0. The van der Waals surface area contributed by atoms with Gasteiger partial charge in [-0.1, -0.05) is 6.42 Å². The van der Waals surface area contributed by atoms with Crippen molar-refractivity contribution in [1.29, 1.82) is 5.26 Å². The van der Waals surface area contributed by atoms with Gasteiger partial charge in [0.15, 0.2) is 5.82 Å². The molecule has 1 aliphatic carbocycles. The molecule has 0 N–H and O–H groups in total. The van der Waals surface area contributed by atoms with Crippen LogP contribution in [-0.4, -0.2) is 23.3 Å². The molecule has 18 heavy (non-hydrogen) atoms. The van der Waals surface area contributed by atoms with E-state index in [1.54, 1.807) is 0 Å². The first kappa shape index (κ1) is 12.8. The van der Waals surface area contributed by atoms with Crippen LogP contribution >= 0.6 is 0 Å². The summed E-state index contributed by atoms with van der Waals surface area (Å²) in [4.78, 5) is 2.20. The second-order valence-corrected chi connectivity index (χ2v) is 5.06. The van der Waals surface area contributed by atoms with Gasteiger partial charge in [0.1, 0.15) is 11.6 Å². The number of nitriles is 1. The summed E-state index contributed by atoms with van der Waals surface area (Å²) in [5, 5.41) is 17.7. The summed E-state index contributed by atoms with van der Waals surface area (Å²) in [7, 11) is 0. The molecule has 0 amide bonds. The van der Waals surface area contributed by atoms with Gasteiger partial charge in [-0.2, -0.15) is 10.4 Å². The maximum atomic E-state index is 9.33. The van der Waals surface area contributed by atoms with Gasteiger partial charge in [-0.3, -0.25) is 0 Å². The van der Waals surface area contributed by atoms with Crippen LogP contribution in [0.25, 0.3) is 0 Å². The zero-order valence-corrected chi connectivity index (χ0v) is 11.4. The Kier molecular flexibility index (Phi) is 3.81. The average Bonchev–Trinajstić information content (AvgIpc) is 2.32. The lowest BCUT2D eigenvalue weighted by atomic mass is 9.85. The molecule has 0 bridgehead atoms. The van der Waals surface area contributed by atoms with E-state index in [4.69, 9.17) is 0 Å². The summed E-state index contributed by atoms with van der Waals surface area (Å²) in [6.07, 6.45) is 3.94. The van der Waals surface area contributed by atoms with E-state index in [0.29, 0.717) is 5.56 Å². The largest absolute Gasteiger partial charge is 0.354 e. The lowest BCUT2D eigenvalue weighted by molar-refractivity contribution is 0.318. The lowest BCUT2D eigenvalue weighted by Crippen LogP contribution is -2.34. The number of nitrogens with zero attached hydrogens (tertiary/aromatic N) is 4. The Morgan fingerprint density at radius 3 is 2.56 bits per heavy atom. The topological polar surface area (TPSA) is 52.8 Å². The van der Waals surface area contributed by atoms with Gasteiger partial charge in [-0.15, -0.1) is 5.10 Å². The van der Waals surface area contributed by atoms with E-state index in [-0.39, 0.29) is 0 Å². The number of anilines is 1. The van der Waals surface area contributed by atoms with Crippen LogP contribution in [-0.2, 0) is 0 Å². The molecule has 1 saturated carbocycles. The predicted molar refractivity (Wildman–Crippen MR) is 71.4 cm³/mol. The Bertz CT molecular complexity index is 471. The van der Waals surface area contributed by atoms with E-state index in [2.05, 4.69) is 28.1 Å². The summed E-state index contributed by atoms with van der Waals surface area (Å²) in [5.41, 5.74) is 2.48. The van der Waals surface area contributed by atoms with Crippen molar-refractivity contribution in [2.45, 2.75) is 40.0 Å². The molecule has 1 fully saturated rings. The minimum Gasteiger partial charge on any atom is -0.354 e. The van der Waals surface area contributed by atoms with Gasteiger partial charge >= 0.3 is 0 Å². The second-order valence-electron chi connectivity index (χ2n) is 5.06. The van der Waals surface area contributed by atoms with Crippen LogP contribution in [0.2, 0.25) is 0 Å². The monoisotopic (exact) mass is 244 g/mol. The second kappa shape index (κ2) is 5.34. The zero-order chi connectivity index (χ0) is 13.1. The molecule has 0 spiro atoms. The quantitative estimate of drug-likeness (QED) is 0.817. The van der Waals surface area contributed by atoms with Gasteiger partial charge < -0.3 is 4.90 Å². The van der Waals surface area contributed by atoms with Crippen molar-refractivity contribution in [3.05, 3.63) is 16.8 Å². The minimum atomic E-state index is 0.684. The lowest BCUT2D eigenvalue weighted by Gasteiger charge is -2.32. The molecule has 0 aliphatic heterocycles. The molecule has 0 saturated heterocycles. The number of aromatic nitrogens is 2. The summed E-state index contributed by atoms with van der Waals surface area (Å²) < 4.78 is 0. The van der Waals surface area contributed by atoms with Crippen molar-refractivity contribution >= 4 is 5.82 Å². The molecule has 4 heteroatoms. The Hall–Kier alpha value is -1.63. The Balaban J connectivity index is 2.29. The molecule has 1 heterocycles. The highest BCUT2D eigenvalue weighted by Crippen LogP contribution is 2.29. The summed E-state index contributed by atoms with van der Waals surface area (Å²) in [5.74, 6) is 1.52. The van der Waals surface area contributed by atoms with Crippen molar-refractivity contribution in [3.8, 4) is 6.07 Å². The standard InChI is InChI=1S/C14H20N4/c1-4-18(9-12-6-5-7-12)14-13(8-15)10(2)11(3)16-17-14/h12H,4-7,9H2,1-3H3. The van der Waals surface area contributed by atoms with Crippen molar-refractivity contribution in [3.63, 3.8) is 0 Å². The Morgan fingerprint density at radius 1 is 1.33 bits per heavy atom. The number of aryl methyl sites for hydroxylation is 1. The van der Waals surface area contributed by atoms with Gasteiger partial charge in [0.25, 0.3) is 0 Å². The molecular weight excluding hydrogens is 224 g/mol. The van der Waals surface area contributed by atoms with Crippen molar-refractivity contribution < 1.29 is 0 Å². The maximum absolute atomic E-state index is 9.33. The molecule has 0 radical (unpaired) electrons. The first-order valence-electron chi connectivity index (χ1n) is 6.66. The molecule has 96 valence electrons. The Morgan fingerprint density at radius 2 is 2.06 bits per heavy atom. The van der Waals surface area contributed by atoms with Crippen molar-refractivity contribution in [2.75, 3.05) is 18.0 Å². The molecule has 1 aromatic rings. The van der Waals surface area contributed by atoms with Crippen molar-refractivity contribution in [2.24, 2.45) is 5.92 Å².